The zero-order valence-corrected chi connectivity index (χ0v) is 17.9. The molecule has 1 aliphatic rings. The summed E-state index contributed by atoms with van der Waals surface area (Å²) in [5.74, 6) is -0.187. The number of anilines is 1. The molecular weight excluding hydrogens is 402 g/mol. The highest BCUT2D eigenvalue weighted by atomic mass is 32.2. The third-order valence-electron chi connectivity index (χ3n) is 5.40. The quantitative estimate of drug-likeness (QED) is 0.677. The highest BCUT2D eigenvalue weighted by molar-refractivity contribution is 7.89. The van der Waals surface area contributed by atoms with Crippen LogP contribution in [0.3, 0.4) is 0 Å². The van der Waals surface area contributed by atoms with Crippen molar-refractivity contribution < 1.29 is 17.6 Å². The number of aryl methyl sites for hydroxylation is 1. The number of carbonyl (C=O) groups excluding carboxylic acids is 1. The third-order valence-corrected chi connectivity index (χ3v) is 7.31. The molecule has 0 radical (unpaired) electrons. The fourth-order valence-electron chi connectivity index (χ4n) is 3.59. The van der Waals surface area contributed by atoms with Crippen molar-refractivity contribution in [3.8, 4) is 0 Å². The van der Waals surface area contributed by atoms with Gasteiger partial charge < -0.3 is 14.6 Å². The third kappa shape index (κ3) is 4.26. The zero-order valence-electron chi connectivity index (χ0n) is 17.1. The lowest BCUT2D eigenvalue weighted by Gasteiger charge is -2.31. The molecule has 8 heteroatoms. The molecule has 1 saturated heterocycles. The minimum atomic E-state index is -3.52. The van der Waals surface area contributed by atoms with Crippen LogP contribution >= 0.6 is 0 Å². The summed E-state index contributed by atoms with van der Waals surface area (Å²) >= 11 is 0. The highest BCUT2D eigenvalue weighted by Gasteiger charge is 2.27. The second-order valence-corrected chi connectivity index (χ2v) is 9.66. The van der Waals surface area contributed by atoms with Crippen LogP contribution in [-0.4, -0.2) is 56.8 Å². The molecule has 2 heterocycles. The Morgan fingerprint density at radius 1 is 1.07 bits per heavy atom. The number of carbonyl (C=O) groups is 1. The normalized spacial score (nSPS) is 16.1. The molecule has 4 rings (SSSR count). The summed E-state index contributed by atoms with van der Waals surface area (Å²) in [6.45, 7) is 4.39. The van der Waals surface area contributed by atoms with Crippen molar-refractivity contribution in [2.75, 3.05) is 38.5 Å². The second kappa shape index (κ2) is 8.22. The second-order valence-electron chi connectivity index (χ2n) is 7.72. The molecule has 0 saturated carbocycles. The van der Waals surface area contributed by atoms with Crippen LogP contribution in [0.25, 0.3) is 11.0 Å². The smallest absolute Gasteiger partial charge is 0.243 e. The fourth-order valence-corrected chi connectivity index (χ4v) is 5.02. The molecule has 0 atom stereocenters. The van der Waals surface area contributed by atoms with Crippen molar-refractivity contribution in [2.45, 2.75) is 18.2 Å². The standard InChI is InChI=1S/C22H25N3O4S/c1-16-3-8-20-17(15-29-21(20)13-16)14-22(26)23-18-4-6-19(7-5-18)30(27,28)25-11-9-24(2)10-12-25/h3-8,13,15H,9-12,14H2,1-2H3,(H,23,26). The number of amides is 1. The molecular formula is C22H25N3O4S. The van der Waals surface area contributed by atoms with E-state index in [1.807, 2.05) is 32.2 Å². The van der Waals surface area contributed by atoms with E-state index >= 15 is 0 Å². The van der Waals surface area contributed by atoms with E-state index in [4.69, 9.17) is 4.42 Å². The van der Waals surface area contributed by atoms with Crippen molar-refractivity contribution in [1.29, 1.82) is 0 Å². The number of hydrogen-bond donors (Lipinski definition) is 1. The summed E-state index contributed by atoms with van der Waals surface area (Å²) in [5, 5.41) is 3.75. The van der Waals surface area contributed by atoms with E-state index in [0.29, 0.717) is 18.8 Å². The number of fused-ring (bicyclic) bond motifs is 1. The van der Waals surface area contributed by atoms with Crippen molar-refractivity contribution in [2.24, 2.45) is 0 Å². The largest absolute Gasteiger partial charge is 0.464 e. The molecule has 30 heavy (non-hydrogen) atoms. The van der Waals surface area contributed by atoms with E-state index in [9.17, 15) is 13.2 Å². The summed E-state index contributed by atoms with van der Waals surface area (Å²) in [4.78, 5) is 14.8. The van der Waals surface area contributed by atoms with Gasteiger partial charge in [0.15, 0.2) is 0 Å². The van der Waals surface area contributed by atoms with Gasteiger partial charge in [0.05, 0.1) is 17.6 Å². The lowest BCUT2D eigenvalue weighted by Crippen LogP contribution is -2.46. The molecule has 158 valence electrons. The summed E-state index contributed by atoms with van der Waals surface area (Å²) in [7, 11) is -1.54. The van der Waals surface area contributed by atoms with Gasteiger partial charge >= 0.3 is 0 Å². The SMILES string of the molecule is Cc1ccc2c(CC(=O)Nc3ccc(S(=O)(=O)N4CCN(C)CC4)cc3)coc2c1. The number of piperazine rings is 1. The molecule has 1 aromatic heterocycles. The first-order valence-electron chi connectivity index (χ1n) is 9.88. The molecule has 0 spiro atoms. The van der Waals surface area contributed by atoms with Crippen LogP contribution in [0.15, 0.2) is 58.0 Å². The number of furan rings is 1. The molecule has 7 nitrogen and oxygen atoms in total. The first-order chi connectivity index (χ1) is 14.3. The lowest BCUT2D eigenvalue weighted by molar-refractivity contribution is -0.115. The van der Waals surface area contributed by atoms with Gasteiger partial charge in [-0.2, -0.15) is 4.31 Å². The Balaban J connectivity index is 1.42. The van der Waals surface area contributed by atoms with Crippen molar-refractivity contribution in [3.63, 3.8) is 0 Å². The Hall–Kier alpha value is -2.68. The number of benzene rings is 2. The van der Waals surface area contributed by atoms with Crippen molar-refractivity contribution >= 4 is 32.6 Å². The molecule has 1 N–H and O–H groups in total. The predicted octanol–water partition coefficient (Wildman–Crippen LogP) is 2.86. The van der Waals surface area contributed by atoms with Gasteiger partial charge in [0.25, 0.3) is 0 Å². The lowest BCUT2D eigenvalue weighted by atomic mass is 10.1. The summed E-state index contributed by atoms with van der Waals surface area (Å²) in [6, 6.07) is 12.2. The van der Waals surface area contributed by atoms with Gasteiger partial charge in [-0.15, -0.1) is 0 Å². The number of sulfonamides is 1. The Morgan fingerprint density at radius 3 is 2.47 bits per heavy atom. The first kappa shape index (κ1) is 20.6. The van der Waals surface area contributed by atoms with E-state index < -0.39 is 10.0 Å². The first-order valence-corrected chi connectivity index (χ1v) is 11.3. The maximum atomic E-state index is 12.8. The van der Waals surface area contributed by atoms with Crippen LogP contribution in [0.4, 0.5) is 5.69 Å². The zero-order chi connectivity index (χ0) is 21.3. The molecule has 1 fully saturated rings. The Labute approximate surface area is 176 Å². The van der Waals surface area contributed by atoms with E-state index in [1.54, 1.807) is 30.5 Å². The van der Waals surface area contributed by atoms with Gasteiger partial charge in [-0.05, 0) is 49.9 Å². The number of rotatable bonds is 5. The molecule has 1 aliphatic heterocycles. The molecule has 0 aliphatic carbocycles. The number of hydrogen-bond acceptors (Lipinski definition) is 5. The van der Waals surface area contributed by atoms with Gasteiger partial charge in [-0.1, -0.05) is 12.1 Å². The molecule has 0 bridgehead atoms. The average Bonchev–Trinajstić information content (AvgIpc) is 3.10. The number of nitrogens with zero attached hydrogens (tertiary/aromatic N) is 2. The van der Waals surface area contributed by atoms with Crippen LogP contribution in [0, 0.1) is 6.92 Å². The molecule has 3 aromatic rings. The van der Waals surface area contributed by atoms with E-state index in [0.717, 1.165) is 35.2 Å². The summed E-state index contributed by atoms with van der Waals surface area (Å²) < 4.78 is 32.6. The van der Waals surface area contributed by atoms with Crippen LogP contribution in [0.1, 0.15) is 11.1 Å². The van der Waals surface area contributed by atoms with Crippen LogP contribution in [0.5, 0.6) is 0 Å². The van der Waals surface area contributed by atoms with Gasteiger partial charge in [0.2, 0.25) is 15.9 Å². The van der Waals surface area contributed by atoms with Crippen LogP contribution in [-0.2, 0) is 21.2 Å². The van der Waals surface area contributed by atoms with Crippen LogP contribution < -0.4 is 5.32 Å². The Morgan fingerprint density at radius 2 is 1.77 bits per heavy atom. The average molecular weight is 428 g/mol. The number of nitrogens with one attached hydrogen (secondary N) is 1. The van der Waals surface area contributed by atoms with Crippen molar-refractivity contribution in [1.82, 2.24) is 9.21 Å². The van der Waals surface area contributed by atoms with E-state index in [-0.39, 0.29) is 17.2 Å². The number of likely N-dealkylation sites (N-methyl/N-ethyl adjacent to an activating group) is 1. The highest BCUT2D eigenvalue weighted by Crippen LogP contribution is 2.24. The molecule has 1 amide bonds. The minimum Gasteiger partial charge on any atom is -0.464 e. The predicted molar refractivity (Wildman–Crippen MR) is 116 cm³/mol. The van der Waals surface area contributed by atoms with Crippen LogP contribution in [0.2, 0.25) is 0 Å². The maximum absolute atomic E-state index is 12.8. The Bertz CT molecular complexity index is 1160. The topological polar surface area (TPSA) is 82.9 Å². The van der Waals surface area contributed by atoms with Gasteiger partial charge in [0, 0.05) is 42.8 Å². The fraction of sp³-hybridized carbons (Fsp3) is 0.318. The molecule has 2 aromatic carbocycles. The van der Waals surface area contributed by atoms with Gasteiger partial charge in [-0.3, -0.25) is 4.79 Å². The van der Waals surface area contributed by atoms with Gasteiger partial charge in [-0.25, -0.2) is 8.42 Å². The Kier molecular flexibility index (Phi) is 5.64. The van der Waals surface area contributed by atoms with Gasteiger partial charge in [0.1, 0.15) is 5.58 Å². The summed E-state index contributed by atoms with van der Waals surface area (Å²) in [5.41, 5.74) is 3.23. The maximum Gasteiger partial charge on any atom is 0.243 e. The summed E-state index contributed by atoms with van der Waals surface area (Å²) in [6.07, 6.45) is 1.78. The molecule has 0 unspecified atom stereocenters. The van der Waals surface area contributed by atoms with E-state index in [2.05, 4.69) is 10.2 Å². The van der Waals surface area contributed by atoms with E-state index in [1.165, 1.54) is 4.31 Å². The van der Waals surface area contributed by atoms with Crippen molar-refractivity contribution in [3.05, 3.63) is 59.9 Å². The monoisotopic (exact) mass is 427 g/mol. The minimum absolute atomic E-state index is 0.178.